The van der Waals surface area contributed by atoms with Crippen LogP contribution in [0, 0.1) is 11.3 Å². The van der Waals surface area contributed by atoms with E-state index in [1.807, 2.05) is 48.5 Å². The zero-order valence-corrected chi connectivity index (χ0v) is 13.7. The number of nitrogens with two attached hydrogens (primary N) is 1. The Labute approximate surface area is 142 Å². The Hall–Kier alpha value is -2.84. The van der Waals surface area contributed by atoms with Crippen LogP contribution >= 0.6 is 15.9 Å². The normalized spacial score (nSPS) is 10.1. The molecule has 23 heavy (non-hydrogen) atoms. The van der Waals surface area contributed by atoms with E-state index < -0.39 is 0 Å². The van der Waals surface area contributed by atoms with Crippen molar-refractivity contribution in [1.82, 2.24) is 4.98 Å². The second-order valence-electron chi connectivity index (χ2n) is 4.94. The molecule has 0 aliphatic rings. The first-order chi connectivity index (χ1) is 11.2. The molecular formula is C18H13BrN4. The lowest BCUT2D eigenvalue weighted by molar-refractivity contribution is 1.25. The Bertz CT molecular complexity index is 845. The predicted molar refractivity (Wildman–Crippen MR) is 96.2 cm³/mol. The van der Waals surface area contributed by atoms with Crippen molar-refractivity contribution in [3.63, 3.8) is 0 Å². The van der Waals surface area contributed by atoms with Crippen LogP contribution in [0.2, 0.25) is 0 Å². The van der Waals surface area contributed by atoms with Gasteiger partial charge in [0.2, 0.25) is 0 Å². The van der Waals surface area contributed by atoms with Gasteiger partial charge in [0.1, 0.15) is 22.1 Å². The largest absolute Gasteiger partial charge is 0.397 e. The molecule has 4 nitrogen and oxygen atoms in total. The number of nitriles is 1. The smallest absolute Gasteiger partial charge is 0.133 e. The number of aromatic nitrogens is 1. The minimum atomic E-state index is 0.343. The van der Waals surface area contributed by atoms with Gasteiger partial charge in [0.05, 0.1) is 5.69 Å². The zero-order valence-electron chi connectivity index (χ0n) is 12.1. The van der Waals surface area contributed by atoms with Crippen molar-refractivity contribution in [2.75, 3.05) is 11.1 Å². The maximum atomic E-state index is 9.00. The number of hydrogen-bond donors (Lipinski definition) is 2. The molecule has 3 aromatic rings. The fourth-order valence-corrected chi connectivity index (χ4v) is 2.74. The lowest BCUT2D eigenvalue weighted by Gasteiger charge is -2.09. The van der Waals surface area contributed by atoms with E-state index in [1.165, 1.54) is 5.56 Å². The summed E-state index contributed by atoms with van der Waals surface area (Å²) in [4.78, 5) is 4.28. The minimum absolute atomic E-state index is 0.343. The van der Waals surface area contributed by atoms with Crippen LogP contribution in [-0.4, -0.2) is 4.98 Å². The summed E-state index contributed by atoms with van der Waals surface area (Å²) in [6, 6.07) is 21.9. The number of nitrogens with zero attached hydrogens (tertiary/aromatic N) is 2. The van der Waals surface area contributed by atoms with Gasteiger partial charge in [-0.05, 0) is 39.2 Å². The van der Waals surface area contributed by atoms with Gasteiger partial charge in [0.15, 0.2) is 0 Å². The zero-order chi connectivity index (χ0) is 16.2. The van der Waals surface area contributed by atoms with Crippen LogP contribution in [0.25, 0.3) is 11.1 Å². The van der Waals surface area contributed by atoms with Crippen molar-refractivity contribution >= 4 is 33.1 Å². The molecule has 1 aromatic heterocycles. The topological polar surface area (TPSA) is 74.7 Å². The molecule has 3 N–H and O–H groups in total. The Morgan fingerprint density at radius 2 is 1.65 bits per heavy atom. The summed E-state index contributed by atoms with van der Waals surface area (Å²) in [5.74, 6) is 0.584. The Kier molecular flexibility index (Phi) is 4.26. The number of benzene rings is 2. The molecule has 5 heteroatoms. The third kappa shape index (κ3) is 3.33. The van der Waals surface area contributed by atoms with Gasteiger partial charge in [-0.1, -0.05) is 42.5 Å². The fourth-order valence-electron chi connectivity index (χ4n) is 2.23. The van der Waals surface area contributed by atoms with Gasteiger partial charge in [-0.25, -0.2) is 4.98 Å². The minimum Gasteiger partial charge on any atom is -0.397 e. The van der Waals surface area contributed by atoms with Gasteiger partial charge < -0.3 is 11.1 Å². The van der Waals surface area contributed by atoms with Crippen LogP contribution in [0.5, 0.6) is 0 Å². The highest BCUT2D eigenvalue weighted by Crippen LogP contribution is 2.26. The van der Waals surface area contributed by atoms with Crippen molar-refractivity contribution in [2.24, 2.45) is 0 Å². The van der Waals surface area contributed by atoms with Crippen LogP contribution < -0.4 is 11.1 Å². The van der Waals surface area contributed by atoms with E-state index in [4.69, 9.17) is 11.0 Å². The molecule has 112 valence electrons. The van der Waals surface area contributed by atoms with Gasteiger partial charge >= 0.3 is 0 Å². The van der Waals surface area contributed by atoms with Gasteiger partial charge in [-0.2, -0.15) is 5.26 Å². The summed E-state index contributed by atoms with van der Waals surface area (Å²) >= 11 is 3.26. The van der Waals surface area contributed by atoms with Crippen LogP contribution in [0.1, 0.15) is 5.56 Å². The molecule has 0 amide bonds. The molecule has 0 fully saturated rings. The van der Waals surface area contributed by atoms with E-state index in [9.17, 15) is 0 Å². The molecule has 3 rings (SSSR count). The Morgan fingerprint density at radius 3 is 2.26 bits per heavy atom. The van der Waals surface area contributed by atoms with Crippen molar-refractivity contribution in [2.45, 2.75) is 0 Å². The highest BCUT2D eigenvalue weighted by Gasteiger charge is 2.08. The summed E-state index contributed by atoms with van der Waals surface area (Å²) in [5.41, 5.74) is 9.79. The predicted octanol–water partition coefficient (Wildman–Crippen LogP) is 4.71. The van der Waals surface area contributed by atoms with Crippen LogP contribution in [0.4, 0.5) is 17.2 Å². The van der Waals surface area contributed by atoms with Crippen molar-refractivity contribution in [1.29, 1.82) is 5.26 Å². The lowest BCUT2D eigenvalue weighted by Crippen LogP contribution is -1.99. The van der Waals surface area contributed by atoms with Crippen LogP contribution in [0.3, 0.4) is 0 Å². The summed E-state index contributed by atoms with van der Waals surface area (Å²) in [5, 5.41) is 12.2. The average Bonchev–Trinajstić information content (AvgIpc) is 2.56. The number of hydrogen-bond acceptors (Lipinski definition) is 4. The van der Waals surface area contributed by atoms with Gasteiger partial charge in [-0.3, -0.25) is 0 Å². The highest BCUT2D eigenvalue weighted by molar-refractivity contribution is 9.10. The quantitative estimate of drug-likeness (QED) is 0.660. The van der Waals surface area contributed by atoms with Gasteiger partial charge in [-0.15, -0.1) is 0 Å². The molecule has 0 bridgehead atoms. The molecule has 0 saturated carbocycles. The molecule has 0 unspecified atom stereocenters. The summed E-state index contributed by atoms with van der Waals surface area (Å²) in [6.45, 7) is 0. The third-order valence-electron chi connectivity index (χ3n) is 3.38. The van der Waals surface area contributed by atoms with E-state index in [0.29, 0.717) is 21.7 Å². The maximum absolute atomic E-state index is 9.00. The second kappa shape index (κ2) is 6.51. The molecular weight excluding hydrogens is 352 g/mol. The first-order valence-corrected chi connectivity index (χ1v) is 7.75. The summed E-state index contributed by atoms with van der Waals surface area (Å²) in [6.07, 6.45) is 0. The number of nitrogens with one attached hydrogen (secondary N) is 1. The molecule has 0 atom stereocenters. The highest BCUT2D eigenvalue weighted by atomic mass is 79.9. The molecule has 0 spiro atoms. The maximum Gasteiger partial charge on any atom is 0.133 e. The fraction of sp³-hybridized carbons (Fsp3) is 0. The molecule has 0 aliphatic heterocycles. The summed E-state index contributed by atoms with van der Waals surface area (Å²) in [7, 11) is 0. The van der Waals surface area contributed by atoms with Crippen LogP contribution in [0.15, 0.2) is 65.3 Å². The number of pyridine rings is 1. The Morgan fingerprint density at radius 1 is 1.00 bits per heavy atom. The van der Waals surface area contributed by atoms with Crippen molar-refractivity contribution < 1.29 is 0 Å². The van der Waals surface area contributed by atoms with E-state index in [2.05, 4.69) is 38.4 Å². The SMILES string of the molecule is N#Cc1c(N)cc(Nc2ccc(-c3ccccc3)cc2)nc1Br. The van der Waals surface area contributed by atoms with Gasteiger partial charge in [0, 0.05) is 11.8 Å². The lowest BCUT2D eigenvalue weighted by atomic mass is 10.1. The Balaban J connectivity index is 1.83. The first kappa shape index (κ1) is 15.1. The molecule has 0 aliphatic carbocycles. The van der Waals surface area contributed by atoms with E-state index in [0.717, 1.165) is 11.3 Å². The van der Waals surface area contributed by atoms with E-state index in [1.54, 1.807) is 6.07 Å². The number of nitrogen functional groups attached to an aromatic ring is 1. The first-order valence-electron chi connectivity index (χ1n) is 6.96. The second-order valence-corrected chi connectivity index (χ2v) is 5.69. The summed E-state index contributed by atoms with van der Waals surface area (Å²) < 4.78 is 0.434. The van der Waals surface area contributed by atoms with E-state index in [-0.39, 0.29) is 0 Å². The molecule has 0 radical (unpaired) electrons. The third-order valence-corrected chi connectivity index (χ3v) is 3.96. The van der Waals surface area contributed by atoms with Gasteiger partial charge in [0.25, 0.3) is 0 Å². The molecule has 2 aromatic carbocycles. The molecule has 1 heterocycles. The van der Waals surface area contributed by atoms with Crippen molar-refractivity contribution in [3.8, 4) is 17.2 Å². The standard InChI is InChI=1S/C18H13BrN4/c19-18-15(11-20)16(21)10-17(23-18)22-14-8-6-13(7-9-14)12-4-2-1-3-5-12/h1-10H,(H3,21,22,23). The number of rotatable bonds is 3. The van der Waals surface area contributed by atoms with E-state index >= 15 is 0 Å². The number of anilines is 3. The van der Waals surface area contributed by atoms with Crippen LogP contribution in [-0.2, 0) is 0 Å². The molecule has 0 saturated heterocycles. The monoisotopic (exact) mass is 364 g/mol. The number of halogens is 1. The van der Waals surface area contributed by atoms with Crippen molar-refractivity contribution in [3.05, 3.63) is 70.8 Å². The average molecular weight is 365 g/mol.